The second kappa shape index (κ2) is 6.72. The maximum absolute atomic E-state index is 3.93. The van der Waals surface area contributed by atoms with Crippen molar-refractivity contribution in [1.82, 2.24) is 0 Å². The first-order chi connectivity index (χ1) is 9.76. The molecule has 0 unspecified atom stereocenters. The van der Waals surface area contributed by atoms with Gasteiger partial charge in [-0.25, -0.2) is 0 Å². The van der Waals surface area contributed by atoms with Crippen molar-refractivity contribution in [3.05, 3.63) is 90.5 Å². The largest absolute Gasteiger partial charge is 0.0984 e. The fourth-order valence-corrected chi connectivity index (χ4v) is 2.21. The molecule has 0 saturated carbocycles. The smallest absolute Gasteiger partial charge is 0.0149 e. The third-order valence-electron chi connectivity index (χ3n) is 3.34. The van der Waals surface area contributed by atoms with Crippen molar-refractivity contribution >= 4 is 5.57 Å². The van der Waals surface area contributed by atoms with Gasteiger partial charge in [-0.2, -0.15) is 0 Å². The summed E-state index contributed by atoms with van der Waals surface area (Å²) < 4.78 is 0. The van der Waals surface area contributed by atoms with Gasteiger partial charge in [0.2, 0.25) is 0 Å². The number of hydrogen-bond donors (Lipinski definition) is 0. The van der Waals surface area contributed by atoms with E-state index >= 15 is 0 Å². The molecule has 0 aliphatic heterocycles. The Morgan fingerprint density at radius 1 is 1.00 bits per heavy atom. The molecule has 0 nitrogen and oxygen atoms in total. The highest BCUT2D eigenvalue weighted by atomic mass is 14.1. The minimum atomic E-state index is 1.15. The number of aryl methyl sites for hydroxylation is 1. The van der Waals surface area contributed by atoms with Crippen LogP contribution in [0.2, 0.25) is 0 Å². The Morgan fingerprint density at radius 3 is 2.40 bits per heavy atom. The van der Waals surface area contributed by atoms with E-state index in [4.69, 9.17) is 0 Å². The summed E-state index contributed by atoms with van der Waals surface area (Å²) in [4.78, 5) is 0. The molecule has 100 valence electrons. The van der Waals surface area contributed by atoms with Gasteiger partial charge >= 0.3 is 0 Å². The molecular weight excluding hydrogens is 240 g/mol. The van der Waals surface area contributed by atoms with Crippen molar-refractivity contribution in [3.8, 4) is 11.1 Å². The van der Waals surface area contributed by atoms with Crippen molar-refractivity contribution in [2.75, 3.05) is 0 Å². The molecule has 2 rings (SSSR count). The lowest BCUT2D eigenvalue weighted by molar-refractivity contribution is 1.42. The van der Waals surface area contributed by atoms with E-state index in [1.165, 1.54) is 22.3 Å². The molecular formula is C20H20. The van der Waals surface area contributed by atoms with Gasteiger partial charge in [-0.05, 0) is 47.7 Å². The monoisotopic (exact) mass is 260 g/mol. The minimum Gasteiger partial charge on any atom is -0.0984 e. The molecule has 0 bridgehead atoms. The van der Waals surface area contributed by atoms with Gasteiger partial charge in [0.15, 0.2) is 0 Å². The van der Waals surface area contributed by atoms with Gasteiger partial charge < -0.3 is 0 Å². The molecule has 0 N–H and O–H groups in total. The second-order valence-electron chi connectivity index (χ2n) is 4.75. The van der Waals surface area contributed by atoms with E-state index in [0.717, 1.165) is 5.57 Å². The molecule has 0 aliphatic rings. The zero-order valence-corrected chi connectivity index (χ0v) is 12.1. The third-order valence-corrected chi connectivity index (χ3v) is 3.34. The normalized spacial score (nSPS) is 11.8. The van der Waals surface area contributed by atoms with Crippen LogP contribution in [0.1, 0.15) is 18.1 Å². The lowest BCUT2D eigenvalue weighted by Crippen LogP contribution is -1.88. The lowest BCUT2D eigenvalue weighted by Gasteiger charge is -2.10. The molecule has 0 amide bonds. The zero-order chi connectivity index (χ0) is 14.4. The van der Waals surface area contributed by atoms with Gasteiger partial charge in [-0.3, -0.25) is 0 Å². The third kappa shape index (κ3) is 3.16. The molecule has 0 saturated heterocycles. The van der Waals surface area contributed by atoms with Crippen LogP contribution >= 0.6 is 0 Å². The predicted molar refractivity (Wildman–Crippen MR) is 89.6 cm³/mol. The summed E-state index contributed by atoms with van der Waals surface area (Å²) in [5, 5.41) is 0. The summed E-state index contributed by atoms with van der Waals surface area (Å²) in [6.07, 6.45) is 8.09. The quantitative estimate of drug-likeness (QED) is 0.609. The average Bonchev–Trinajstić information content (AvgIpc) is 2.50. The fourth-order valence-electron chi connectivity index (χ4n) is 2.21. The summed E-state index contributed by atoms with van der Waals surface area (Å²) in [5.41, 5.74) is 6.13. The molecule has 0 radical (unpaired) electrons. The Hall–Kier alpha value is -2.34. The average molecular weight is 260 g/mol. The van der Waals surface area contributed by atoms with Gasteiger partial charge in [-0.1, -0.05) is 73.3 Å². The summed E-state index contributed by atoms with van der Waals surface area (Å²) in [5.74, 6) is 0. The Kier molecular flexibility index (Phi) is 4.73. The Balaban J connectivity index is 2.51. The zero-order valence-electron chi connectivity index (χ0n) is 12.1. The highest BCUT2D eigenvalue weighted by molar-refractivity contribution is 5.80. The summed E-state index contributed by atoms with van der Waals surface area (Å²) >= 11 is 0. The van der Waals surface area contributed by atoms with Gasteiger partial charge in [0.05, 0.1) is 0 Å². The first kappa shape index (κ1) is 14.1. The molecule has 0 fully saturated rings. The molecule has 0 aromatic heterocycles. The maximum atomic E-state index is 3.93. The highest BCUT2D eigenvalue weighted by Crippen LogP contribution is 2.27. The van der Waals surface area contributed by atoms with Crippen molar-refractivity contribution < 1.29 is 0 Å². The minimum absolute atomic E-state index is 1.15. The fraction of sp³-hybridized carbons (Fsp3) is 0.100. The van der Waals surface area contributed by atoms with Gasteiger partial charge in [0.1, 0.15) is 0 Å². The molecule has 20 heavy (non-hydrogen) atoms. The van der Waals surface area contributed by atoms with E-state index in [-0.39, 0.29) is 0 Å². The van der Waals surface area contributed by atoms with Crippen LogP contribution in [0.5, 0.6) is 0 Å². The molecule has 2 aromatic carbocycles. The van der Waals surface area contributed by atoms with E-state index in [1.54, 1.807) is 0 Å². The van der Waals surface area contributed by atoms with E-state index in [9.17, 15) is 0 Å². The topological polar surface area (TPSA) is 0 Å². The lowest BCUT2D eigenvalue weighted by atomic mass is 9.95. The van der Waals surface area contributed by atoms with Crippen molar-refractivity contribution in [2.24, 2.45) is 0 Å². The van der Waals surface area contributed by atoms with Crippen LogP contribution in [0, 0.1) is 6.92 Å². The predicted octanol–water partition coefficient (Wildman–Crippen LogP) is 5.81. The number of rotatable bonds is 4. The molecule has 0 atom stereocenters. The molecule has 0 aliphatic carbocycles. The van der Waals surface area contributed by atoms with Crippen LogP contribution in [-0.4, -0.2) is 0 Å². The summed E-state index contributed by atoms with van der Waals surface area (Å²) in [6, 6.07) is 17.0. The van der Waals surface area contributed by atoms with Gasteiger partial charge in [0.25, 0.3) is 0 Å². The van der Waals surface area contributed by atoms with Crippen LogP contribution < -0.4 is 0 Å². The van der Waals surface area contributed by atoms with Crippen molar-refractivity contribution in [2.45, 2.75) is 13.8 Å². The molecule has 2 aromatic rings. The van der Waals surface area contributed by atoms with Crippen LogP contribution in [0.25, 0.3) is 16.7 Å². The van der Waals surface area contributed by atoms with Gasteiger partial charge in [-0.15, -0.1) is 0 Å². The SMILES string of the molecule is C=C/C(=C\C=C/C)c1cc(-c2ccccc2)ccc1C. The van der Waals surface area contributed by atoms with E-state index in [0.29, 0.717) is 0 Å². The number of allylic oxidation sites excluding steroid dienone is 5. The van der Waals surface area contributed by atoms with Crippen LogP contribution in [0.3, 0.4) is 0 Å². The van der Waals surface area contributed by atoms with Gasteiger partial charge in [0, 0.05) is 0 Å². The highest BCUT2D eigenvalue weighted by Gasteiger charge is 2.04. The van der Waals surface area contributed by atoms with E-state index < -0.39 is 0 Å². The van der Waals surface area contributed by atoms with Crippen molar-refractivity contribution in [1.29, 1.82) is 0 Å². The van der Waals surface area contributed by atoms with Crippen LogP contribution in [0.4, 0.5) is 0 Å². The van der Waals surface area contributed by atoms with Crippen molar-refractivity contribution in [3.63, 3.8) is 0 Å². The Morgan fingerprint density at radius 2 is 1.75 bits per heavy atom. The molecule has 0 heteroatoms. The summed E-state index contributed by atoms with van der Waals surface area (Å²) in [7, 11) is 0. The maximum Gasteiger partial charge on any atom is -0.0149 e. The second-order valence-corrected chi connectivity index (χ2v) is 4.75. The Bertz CT molecular complexity index is 643. The molecule has 0 heterocycles. The first-order valence-corrected chi connectivity index (χ1v) is 6.88. The Labute approximate surface area is 121 Å². The van der Waals surface area contributed by atoms with E-state index in [1.807, 2.05) is 31.2 Å². The molecule has 0 spiro atoms. The number of benzene rings is 2. The summed E-state index contributed by atoms with van der Waals surface area (Å²) in [6.45, 7) is 8.09. The first-order valence-electron chi connectivity index (χ1n) is 6.88. The van der Waals surface area contributed by atoms with Crippen LogP contribution in [-0.2, 0) is 0 Å². The number of hydrogen-bond acceptors (Lipinski definition) is 0. The van der Waals surface area contributed by atoms with Crippen LogP contribution in [0.15, 0.2) is 79.4 Å². The standard InChI is InChI=1S/C20H20/c1-4-6-10-17(5-2)20-15-19(14-13-16(20)3)18-11-8-7-9-12-18/h4-15H,2H2,1,3H3/b6-4-,17-10+. The van der Waals surface area contributed by atoms with E-state index in [2.05, 4.69) is 62.0 Å².